The number of hydrogen-bond donors (Lipinski definition) is 11. The van der Waals surface area contributed by atoms with Gasteiger partial charge in [-0.05, 0) is 172 Å². The smallest absolute Gasteiger partial charge is 0.280 e. The second-order valence-electron chi connectivity index (χ2n) is 16.5. The lowest BCUT2D eigenvalue weighted by molar-refractivity contribution is -0.458. The zero-order valence-corrected chi connectivity index (χ0v) is 37.0. The van der Waals surface area contributed by atoms with Crippen molar-refractivity contribution in [2.75, 3.05) is 92.3 Å². The van der Waals surface area contributed by atoms with Gasteiger partial charge in [0.15, 0.2) is 11.4 Å². The van der Waals surface area contributed by atoms with E-state index in [0.717, 1.165) is 77.8 Å². The monoisotopic (exact) mass is 821 g/mol. The van der Waals surface area contributed by atoms with Crippen molar-refractivity contribution < 1.29 is 43.9 Å². The Bertz CT molecular complexity index is 1150. The highest BCUT2D eigenvalue weighted by molar-refractivity contribution is 5.87. The maximum Gasteiger partial charge on any atom is 0.280 e. The van der Waals surface area contributed by atoms with Crippen molar-refractivity contribution in [2.45, 2.75) is 153 Å². The van der Waals surface area contributed by atoms with Crippen LogP contribution in [0.2, 0.25) is 0 Å². The zero-order valence-electron chi connectivity index (χ0n) is 37.0. The Hall–Kier alpha value is -1.58. The SMILES string of the molecule is CCC1(C)OC(C)(OCC(C)(OC(C)(OC)C(=O)NCCCNCCCCNCCCN)C(=O)NCCCNCCCCNCCCN)C(C)(O)C(C)(O)C1(C)O. The molecule has 0 aromatic rings. The van der Waals surface area contributed by atoms with E-state index in [0.29, 0.717) is 52.1 Å². The van der Waals surface area contributed by atoms with Crippen LogP contribution in [0.5, 0.6) is 0 Å². The summed E-state index contributed by atoms with van der Waals surface area (Å²) in [5.74, 6) is -5.06. The second-order valence-corrected chi connectivity index (χ2v) is 16.5. The first kappa shape index (κ1) is 53.4. The van der Waals surface area contributed by atoms with Crippen molar-refractivity contribution in [1.82, 2.24) is 31.9 Å². The number of nitrogens with two attached hydrogens (primary N) is 2. The predicted molar refractivity (Wildman–Crippen MR) is 223 cm³/mol. The van der Waals surface area contributed by atoms with Crippen molar-refractivity contribution >= 4 is 11.8 Å². The number of nitrogens with one attached hydrogen (secondary N) is 6. The van der Waals surface area contributed by atoms with Crippen LogP contribution in [0.4, 0.5) is 0 Å². The van der Waals surface area contributed by atoms with Gasteiger partial charge >= 0.3 is 0 Å². The van der Waals surface area contributed by atoms with E-state index in [9.17, 15) is 24.9 Å². The molecule has 17 heteroatoms. The largest absolute Gasteiger partial charge is 0.384 e. The summed E-state index contributed by atoms with van der Waals surface area (Å²) in [7, 11) is 1.31. The molecular formula is C40H84N8O9. The molecule has 7 atom stereocenters. The molecule has 7 unspecified atom stereocenters. The van der Waals surface area contributed by atoms with Crippen molar-refractivity contribution in [3.8, 4) is 0 Å². The number of carbonyl (C=O) groups excluding carboxylic acids is 2. The van der Waals surface area contributed by atoms with Gasteiger partial charge in [0.25, 0.3) is 11.8 Å². The maximum atomic E-state index is 14.0. The number of aliphatic hydroxyl groups is 3. The number of ether oxygens (including phenoxy) is 4. The molecule has 13 N–H and O–H groups in total. The molecule has 2 amide bonds. The highest BCUT2D eigenvalue weighted by Gasteiger charge is 2.74. The van der Waals surface area contributed by atoms with E-state index in [1.54, 1.807) is 13.8 Å². The molecule has 1 aliphatic heterocycles. The molecule has 0 spiro atoms. The number of methoxy groups -OCH3 is 1. The molecule has 0 radical (unpaired) electrons. The summed E-state index contributed by atoms with van der Waals surface area (Å²) in [5, 5.41) is 54.3. The highest BCUT2D eigenvalue weighted by Crippen LogP contribution is 2.55. The zero-order chi connectivity index (χ0) is 43.3. The Morgan fingerprint density at radius 2 is 1.02 bits per heavy atom. The second kappa shape index (κ2) is 25.3. The van der Waals surface area contributed by atoms with E-state index >= 15 is 0 Å². The molecule has 17 nitrogen and oxygen atoms in total. The Labute approximate surface area is 343 Å². The molecule has 57 heavy (non-hydrogen) atoms. The summed E-state index contributed by atoms with van der Waals surface area (Å²) in [4.78, 5) is 27.6. The van der Waals surface area contributed by atoms with Crippen molar-refractivity contribution in [1.29, 1.82) is 0 Å². The molecule has 0 aromatic carbocycles. The van der Waals surface area contributed by atoms with E-state index in [2.05, 4.69) is 31.9 Å². The van der Waals surface area contributed by atoms with Gasteiger partial charge in [-0.3, -0.25) is 9.59 Å². The molecule has 1 heterocycles. The van der Waals surface area contributed by atoms with Crippen LogP contribution in [0.1, 0.15) is 113 Å². The van der Waals surface area contributed by atoms with Gasteiger partial charge in [0.05, 0.1) is 12.2 Å². The van der Waals surface area contributed by atoms with Gasteiger partial charge in [-0.15, -0.1) is 0 Å². The van der Waals surface area contributed by atoms with Crippen LogP contribution in [0, 0.1) is 0 Å². The normalized spacial score (nSPS) is 28.5. The number of unbranched alkanes of at least 4 members (excludes halogenated alkanes) is 2. The third-order valence-corrected chi connectivity index (χ3v) is 11.9. The topological polar surface area (TPSA) is 256 Å². The van der Waals surface area contributed by atoms with Crippen molar-refractivity contribution in [3.63, 3.8) is 0 Å². The van der Waals surface area contributed by atoms with Gasteiger partial charge in [-0.25, -0.2) is 0 Å². The van der Waals surface area contributed by atoms with Crippen LogP contribution in [0.15, 0.2) is 0 Å². The van der Waals surface area contributed by atoms with E-state index < -0.39 is 58.0 Å². The van der Waals surface area contributed by atoms with Crippen LogP contribution in [-0.4, -0.2) is 159 Å². The van der Waals surface area contributed by atoms with Crippen molar-refractivity contribution in [2.24, 2.45) is 11.5 Å². The summed E-state index contributed by atoms with van der Waals surface area (Å²) >= 11 is 0. The fourth-order valence-electron chi connectivity index (χ4n) is 6.81. The fraction of sp³-hybridized carbons (Fsp3) is 0.950. The molecular weight excluding hydrogens is 736 g/mol. The third-order valence-electron chi connectivity index (χ3n) is 11.9. The fourth-order valence-corrected chi connectivity index (χ4v) is 6.81. The first-order valence-corrected chi connectivity index (χ1v) is 21.3. The summed E-state index contributed by atoms with van der Waals surface area (Å²) in [6.45, 7) is 20.1. The summed E-state index contributed by atoms with van der Waals surface area (Å²) in [5.41, 5.74) is 1.57. The number of amides is 2. The number of carbonyl (C=O) groups is 2. The van der Waals surface area contributed by atoms with Crippen LogP contribution < -0.4 is 43.4 Å². The van der Waals surface area contributed by atoms with Gasteiger partial charge < -0.3 is 77.6 Å². The Kier molecular flexibility index (Phi) is 23.7. The van der Waals surface area contributed by atoms with E-state index in [-0.39, 0.29) is 6.42 Å². The standard InChI is InChI=1S/C40H84N8O9/c1-10-35(3)37(5,51)38(6,52)39(7,53)40(8,57-35)55-31-34(2,32(49)47-29-17-27-45-23-13-11-21-43-25-15-19-41)56-36(4,54-9)33(50)48-30-18-28-46-24-14-12-22-44-26-16-20-42/h43-46,51-53H,10-31,41-42H2,1-9H3,(H,47,49)(H,48,50). The maximum absolute atomic E-state index is 14.0. The van der Waals surface area contributed by atoms with Crippen molar-refractivity contribution in [3.05, 3.63) is 0 Å². The van der Waals surface area contributed by atoms with Gasteiger partial charge in [0.1, 0.15) is 16.8 Å². The minimum atomic E-state index is -2.20. The van der Waals surface area contributed by atoms with E-state index in [4.69, 9.17) is 30.4 Å². The molecule has 1 aliphatic rings. The molecule has 338 valence electrons. The molecule has 1 fully saturated rings. The van der Waals surface area contributed by atoms with Crippen LogP contribution in [0.25, 0.3) is 0 Å². The van der Waals surface area contributed by atoms with Gasteiger partial charge in [0, 0.05) is 20.2 Å². The Morgan fingerprint density at radius 3 is 1.42 bits per heavy atom. The molecule has 0 aliphatic carbocycles. The van der Waals surface area contributed by atoms with Gasteiger partial charge in [-0.2, -0.15) is 0 Å². The van der Waals surface area contributed by atoms with Crippen LogP contribution in [-0.2, 0) is 28.5 Å². The minimum absolute atomic E-state index is 0.254. The third kappa shape index (κ3) is 15.1. The average molecular weight is 821 g/mol. The lowest BCUT2D eigenvalue weighted by atomic mass is 9.60. The molecule has 1 rings (SSSR count). The van der Waals surface area contributed by atoms with Crippen LogP contribution in [0.3, 0.4) is 0 Å². The lowest BCUT2D eigenvalue weighted by Crippen LogP contribution is -2.84. The molecule has 0 bridgehead atoms. The number of rotatable bonds is 33. The lowest BCUT2D eigenvalue weighted by Gasteiger charge is -2.65. The predicted octanol–water partition coefficient (Wildman–Crippen LogP) is -0.0620. The molecule has 0 saturated carbocycles. The summed E-state index contributed by atoms with van der Waals surface area (Å²) < 4.78 is 24.6. The first-order valence-electron chi connectivity index (χ1n) is 21.3. The average Bonchev–Trinajstić information content (AvgIpc) is 3.16. The van der Waals surface area contributed by atoms with E-state index in [1.807, 2.05) is 0 Å². The Morgan fingerprint density at radius 1 is 0.614 bits per heavy atom. The van der Waals surface area contributed by atoms with Crippen LogP contribution >= 0.6 is 0 Å². The molecule has 0 aromatic heterocycles. The van der Waals surface area contributed by atoms with Gasteiger partial charge in [-0.1, -0.05) is 6.92 Å². The number of hydrogen-bond acceptors (Lipinski definition) is 15. The quantitative estimate of drug-likeness (QED) is 0.0306. The summed E-state index contributed by atoms with van der Waals surface area (Å²) in [6, 6.07) is 0. The first-order chi connectivity index (χ1) is 26.7. The Balaban J connectivity index is 3.00. The van der Waals surface area contributed by atoms with Gasteiger partial charge in [0.2, 0.25) is 5.79 Å². The minimum Gasteiger partial charge on any atom is -0.384 e. The highest BCUT2D eigenvalue weighted by atomic mass is 16.8. The summed E-state index contributed by atoms with van der Waals surface area (Å²) in [6.07, 6.45) is 7.61. The van der Waals surface area contributed by atoms with E-state index in [1.165, 1.54) is 48.7 Å². The molecule has 1 saturated heterocycles.